The number of carboxylic acids is 3. The Hall–Kier alpha value is -2.36. The van der Waals surface area contributed by atoms with Gasteiger partial charge in [-0.1, -0.05) is 13.8 Å². The van der Waals surface area contributed by atoms with E-state index in [0.29, 0.717) is 0 Å². The molecule has 3 atom stereocenters. The average molecular weight is 348 g/mol. The summed E-state index contributed by atoms with van der Waals surface area (Å²) in [6, 6.07) is -3.77. The van der Waals surface area contributed by atoms with Crippen molar-refractivity contribution in [3.8, 4) is 0 Å². The lowest BCUT2D eigenvalue weighted by molar-refractivity contribution is -0.141. The highest BCUT2D eigenvalue weighted by molar-refractivity contribution is 5.86. The standard InChI is InChI=1S/C14H24N2O8/c1-7(2)10(17)5-3-8(12(20)21)15-14(24)16-9(13(22)23)4-6-11(18)19/h7-10,17H,3-6H2,1-2H3,(H,18,19)(H,20,21)(H,22,23)(H2,15,16,24)/t8-,9-,10?/m0/s1. The normalized spacial score (nSPS) is 14.5. The van der Waals surface area contributed by atoms with Crippen molar-refractivity contribution in [2.75, 3.05) is 0 Å². The molecule has 0 heterocycles. The van der Waals surface area contributed by atoms with Crippen LogP contribution in [0.2, 0.25) is 0 Å². The fourth-order valence-corrected chi connectivity index (χ4v) is 1.81. The summed E-state index contributed by atoms with van der Waals surface area (Å²) in [5.74, 6) is -4.03. The highest BCUT2D eigenvalue weighted by atomic mass is 16.4. The maximum atomic E-state index is 11.7. The molecule has 0 aliphatic carbocycles. The molecule has 0 rings (SSSR count). The molecule has 0 saturated carbocycles. The van der Waals surface area contributed by atoms with Crippen LogP contribution in [0.4, 0.5) is 4.79 Å². The number of hydrogen-bond donors (Lipinski definition) is 6. The van der Waals surface area contributed by atoms with Crippen LogP contribution in [0.5, 0.6) is 0 Å². The molecule has 138 valence electrons. The molecule has 10 heteroatoms. The van der Waals surface area contributed by atoms with E-state index in [-0.39, 0.29) is 25.2 Å². The van der Waals surface area contributed by atoms with Crippen LogP contribution in [0, 0.1) is 5.92 Å². The molecule has 0 radical (unpaired) electrons. The monoisotopic (exact) mass is 348 g/mol. The number of carboxylic acid groups (broad SMARTS) is 3. The minimum absolute atomic E-state index is 0.0328. The van der Waals surface area contributed by atoms with E-state index >= 15 is 0 Å². The zero-order valence-electron chi connectivity index (χ0n) is 13.6. The summed E-state index contributed by atoms with van der Waals surface area (Å²) in [4.78, 5) is 44.3. The van der Waals surface area contributed by atoms with Gasteiger partial charge in [0, 0.05) is 6.42 Å². The number of carbonyl (C=O) groups is 4. The minimum Gasteiger partial charge on any atom is -0.481 e. The maximum Gasteiger partial charge on any atom is 0.326 e. The van der Waals surface area contributed by atoms with Crippen LogP contribution in [0.3, 0.4) is 0 Å². The highest BCUT2D eigenvalue weighted by Gasteiger charge is 2.25. The van der Waals surface area contributed by atoms with Gasteiger partial charge in [0.2, 0.25) is 0 Å². The number of aliphatic carboxylic acids is 3. The Morgan fingerprint density at radius 1 is 0.833 bits per heavy atom. The number of amides is 2. The number of rotatable bonds is 11. The van der Waals surface area contributed by atoms with E-state index in [0.717, 1.165) is 0 Å². The Morgan fingerprint density at radius 2 is 1.29 bits per heavy atom. The van der Waals surface area contributed by atoms with Crippen LogP contribution in [0.25, 0.3) is 0 Å². The Morgan fingerprint density at radius 3 is 1.67 bits per heavy atom. The van der Waals surface area contributed by atoms with Gasteiger partial charge in [0.25, 0.3) is 0 Å². The van der Waals surface area contributed by atoms with Crippen LogP contribution in [0.15, 0.2) is 0 Å². The quantitative estimate of drug-likeness (QED) is 0.299. The maximum absolute atomic E-state index is 11.7. The second-order valence-corrected chi connectivity index (χ2v) is 5.72. The summed E-state index contributed by atoms with van der Waals surface area (Å²) in [5, 5.41) is 40.4. The zero-order chi connectivity index (χ0) is 18.9. The predicted molar refractivity (Wildman–Crippen MR) is 81.5 cm³/mol. The van der Waals surface area contributed by atoms with Gasteiger partial charge in [-0.2, -0.15) is 0 Å². The lowest BCUT2D eigenvalue weighted by Gasteiger charge is -2.20. The number of hydrogen-bond acceptors (Lipinski definition) is 5. The van der Waals surface area contributed by atoms with Gasteiger partial charge in [-0.3, -0.25) is 4.79 Å². The third-order valence-corrected chi connectivity index (χ3v) is 3.37. The van der Waals surface area contributed by atoms with Crippen molar-refractivity contribution in [1.82, 2.24) is 10.6 Å². The molecule has 0 aliphatic rings. The van der Waals surface area contributed by atoms with E-state index < -0.39 is 48.5 Å². The van der Waals surface area contributed by atoms with Crippen LogP contribution >= 0.6 is 0 Å². The van der Waals surface area contributed by atoms with Gasteiger partial charge in [-0.15, -0.1) is 0 Å². The van der Waals surface area contributed by atoms with Gasteiger partial charge < -0.3 is 31.1 Å². The molecule has 2 amide bonds. The molecule has 0 bridgehead atoms. The van der Waals surface area contributed by atoms with E-state index in [2.05, 4.69) is 5.32 Å². The first kappa shape index (κ1) is 21.6. The Balaban J connectivity index is 4.61. The number of urea groups is 1. The number of nitrogens with one attached hydrogen (secondary N) is 2. The molecule has 10 nitrogen and oxygen atoms in total. The van der Waals surface area contributed by atoms with Gasteiger partial charge >= 0.3 is 23.9 Å². The first-order valence-corrected chi connectivity index (χ1v) is 7.47. The van der Waals surface area contributed by atoms with Crippen molar-refractivity contribution >= 4 is 23.9 Å². The molecule has 0 aromatic carbocycles. The molecule has 0 aliphatic heterocycles. The summed E-state index contributed by atoms with van der Waals surface area (Å²) < 4.78 is 0. The first-order valence-electron chi connectivity index (χ1n) is 7.47. The van der Waals surface area contributed by atoms with E-state index in [1.807, 2.05) is 5.32 Å². The topological polar surface area (TPSA) is 173 Å². The molecule has 1 unspecified atom stereocenters. The van der Waals surface area contributed by atoms with Crippen LogP contribution < -0.4 is 10.6 Å². The summed E-state index contributed by atoms with van der Waals surface area (Å²) >= 11 is 0. The molecule has 0 spiro atoms. The third kappa shape index (κ3) is 8.93. The molecule has 24 heavy (non-hydrogen) atoms. The molecule has 0 aromatic rings. The molecule has 6 N–H and O–H groups in total. The predicted octanol–water partition coefficient (Wildman–Crippen LogP) is -0.146. The van der Waals surface area contributed by atoms with Crippen LogP contribution in [-0.2, 0) is 14.4 Å². The van der Waals surface area contributed by atoms with Gasteiger partial charge in [-0.25, -0.2) is 14.4 Å². The second-order valence-electron chi connectivity index (χ2n) is 5.72. The van der Waals surface area contributed by atoms with Gasteiger partial charge in [-0.05, 0) is 25.2 Å². The summed E-state index contributed by atoms with van der Waals surface area (Å²) in [5.41, 5.74) is 0. The third-order valence-electron chi connectivity index (χ3n) is 3.37. The SMILES string of the molecule is CC(C)C(O)CC[C@H](NC(=O)N[C@@H](CCC(=O)O)C(=O)O)C(=O)O. The fourth-order valence-electron chi connectivity index (χ4n) is 1.81. The van der Waals surface area contributed by atoms with Crippen molar-refractivity contribution in [2.45, 2.75) is 57.7 Å². The van der Waals surface area contributed by atoms with Crippen molar-refractivity contribution in [3.63, 3.8) is 0 Å². The Kier molecular flexibility index (Phi) is 9.40. The van der Waals surface area contributed by atoms with E-state index in [1.165, 1.54) is 0 Å². The Labute approximate surface area is 138 Å². The number of aliphatic hydroxyl groups excluding tert-OH is 1. The minimum atomic E-state index is -1.45. The largest absolute Gasteiger partial charge is 0.481 e. The zero-order valence-corrected chi connectivity index (χ0v) is 13.6. The number of aliphatic hydroxyl groups is 1. The van der Waals surface area contributed by atoms with Gasteiger partial charge in [0.1, 0.15) is 12.1 Å². The van der Waals surface area contributed by atoms with Gasteiger partial charge in [0.15, 0.2) is 0 Å². The van der Waals surface area contributed by atoms with E-state index in [1.54, 1.807) is 13.8 Å². The van der Waals surface area contributed by atoms with Crippen LogP contribution in [-0.4, -0.2) is 62.6 Å². The molecule has 0 aromatic heterocycles. The smallest absolute Gasteiger partial charge is 0.326 e. The lowest BCUT2D eigenvalue weighted by atomic mass is 10.00. The molecule has 0 saturated heterocycles. The van der Waals surface area contributed by atoms with Crippen molar-refractivity contribution in [2.24, 2.45) is 5.92 Å². The van der Waals surface area contributed by atoms with E-state index in [9.17, 15) is 24.3 Å². The fraction of sp³-hybridized carbons (Fsp3) is 0.714. The molecular weight excluding hydrogens is 324 g/mol. The summed E-state index contributed by atoms with van der Waals surface area (Å²) in [7, 11) is 0. The first-order chi connectivity index (χ1) is 11.0. The highest BCUT2D eigenvalue weighted by Crippen LogP contribution is 2.10. The Bertz CT molecular complexity index is 466. The lowest BCUT2D eigenvalue weighted by Crippen LogP contribution is -2.51. The molecular formula is C14H24N2O8. The van der Waals surface area contributed by atoms with Crippen molar-refractivity contribution in [3.05, 3.63) is 0 Å². The second kappa shape index (κ2) is 10.4. The van der Waals surface area contributed by atoms with Crippen molar-refractivity contribution < 1.29 is 39.6 Å². The average Bonchev–Trinajstić information content (AvgIpc) is 2.46. The van der Waals surface area contributed by atoms with Gasteiger partial charge in [0.05, 0.1) is 6.10 Å². The number of carbonyl (C=O) groups excluding carboxylic acids is 1. The van der Waals surface area contributed by atoms with E-state index in [4.69, 9.17) is 15.3 Å². The van der Waals surface area contributed by atoms with Crippen LogP contribution in [0.1, 0.15) is 39.5 Å². The summed E-state index contributed by atoms with van der Waals surface area (Å²) in [6.07, 6.45) is -1.40. The molecule has 0 fully saturated rings. The summed E-state index contributed by atoms with van der Waals surface area (Å²) in [6.45, 7) is 3.53. The van der Waals surface area contributed by atoms with Crippen molar-refractivity contribution in [1.29, 1.82) is 0 Å².